The van der Waals surface area contributed by atoms with E-state index in [4.69, 9.17) is 4.74 Å². The molecule has 0 saturated heterocycles. The summed E-state index contributed by atoms with van der Waals surface area (Å²) in [4.78, 5) is 0. The molecule has 2 saturated carbocycles. The summed E-state index contributed by atoms with van der Waals surface area (Å²) >= 11 is 0. The van der Waals surface area contributed by atoms with Gasteiger partial charge in [-0.1, -0.05) is 13.3 Å². The van der Waals surface area contributed by atoms with Gasteiger partial charge in [0.05, 0.1) is 6.61 Å². The number of rotatable bonds is 6. The molecule has 0 radical (unpaired) electrons. The van der Waals surface area contributed by atoms with Crippen LogP contribution < -0.4 is 5.32 Å². The Bertz CT molecular complexity index is 173. The van der Waals surface area contributed by atoms with Crippen LogP contribution in [0, 0.1) is 17.8 Å². The summed E-state index contributed by atoms with van der Waals surface area (Å²) in [6, 6.07) is 0.634. The van der Waals surface area contributed by atoms with Crippen LogP contribution in [0.25, 0.3) is 0 Å². The number of fused-ring (bicyclic) bond motifs is 1. The molecule has 2 rings (SSSR count). The van der Waals surface area contributed by atoms with E-state index in [9.17, 15) is 0 Å². The van der Waals surface area contributed by atoms with Crippen molar-refractivity contribution in [1.29, 1.82) is 0 Å². The second-order valence-corrected chi connectivity index (χ2v) is 4.85. The fourth-order valence-electron chi connectivity index (χ4n) is 3.29. The van der Waals surface area contributed by atoms with Crippen molar-refractivity contribution in [3.63, 3.8) is 0 Å². The average molecular weight is 197 g/mol. The van der Waals surface area contributed by atoms with E-state index in [1.54, 1.807) is 0 Å². The molecule has 0 amide bonds. The van der Waals surface area contributed by atoms with Crippen LogP contribution in [-0.2, 0) is 4.74 Å². The summed E-state index contributed by atoms with van der Waals surface area (Å²) in [7, 11) is 1.82. The quantitative estimate of drug-likeness (QED) is 0.703. The highest BCUT2D eigenvalue weighted by Crippen LogP contribution is 2.58. The van der Waals surface area contributed by atoms with Gasteiger partial charge in [0.25, 0.3) is 0 Å². The zero-order chi connectivity index (χ0) is 9.97. The van der Waals surface area contributed by atoms with Crippen molar-refractivity contribution in [2.24, 2.45) is 17.8 Å². The predicted molar refractivity (Wildman–Crippen MR) is 58.3 cm³/mol. The topological polar surface area (TPSA) is 21.3 Å². The fourth-order valence-corrected chi connectivity index (χ4v) is 3.29. The minimum atomic E-state index is 0.634. The smallest absolute Gasteiger partial charge is 0.0618 e. The molecule has 2 aliphatic rings. The maximum absolute atomic E-state index is 5.31. The van der Waals surface area contributed by atoms with Gasteiger partial charge in [-0.25, -0.2) is 0 Å². The van der Waals surface area contributed by atoms with Gasteiger partial charge in [0.15, 0.2) is 0 Å². The van der Waals surface area contributed by atoms with Gasteiger partial charge in [0, 0.05) is 13.2 Å². The van der Waals surface area contributed by atoms with Crippen LogP contribution in [0.4, 0.5) is 0 Å². The van der Waals surface area contributed by atoms with Crippen LogP contribution in [0.1, 0.15) is 32.6 Å². The number of ether oxygens (including phenoxy) is 1. The SMILES string of the molecule is CCCNC(COC)C1C2CCCC21. The third-order valence-electron chi connectivity index (χ3n) is 3.94. The van der Waals surface area contributed by atoms with Crippen LogP contribution in [0.3, 0.4) is 0 Å². The number of nitrogens with one attached hydrogen (secondary N) is 1. The van der Waals surface area contributed by atoms with E-state index < -0.39 is 0 Å². The van der Waals surface area contributed by atoms with Crippen LogP contribution >= 0.6 is 0 Å². The first kappa shape index (κ1) is 10.4. The van der Waals surface area contributed by atoms with E-state index in [1.165, 1.54) is 25.7 Å². The second-order valence-electron chi connectivity index (χ2n) is 4.85. The lowest BCUT2D eigenvalue weighted by Gasteiger charge is -2.19. The molecule has 2 heteroatoms. The summed E-state index contributed by atoms with van der Waals surface area (Å²) in [5.74, 6) is 3.02. The molecular weight excluding hydrogens is 174 g/mol. The Hall–Kier alpha value is -0.0800. The summed E-state index contributed by atoms with van der Waals surface area (Å²) in [6.07, 6.45) is 5.65. The Balaban J connectivity index is 1.79. The lowest BCUT2D eigenvalue weighted by molar-refractivity contribution is 0.151. The zero-order valence-corrected chi connectivity index (χ0v) is 9.46. The molecule has 0 bridgehead atoms. The number of methoxy groups -OCH3 is 1. The van der Waals surface area contributed by atoms with E-state index in [0.717, 1.165) is 30.9 Å². The van der Waals surface area contributed by atoms with Crippen molar-refractivity contribution < 1.29 is 4.74 Å². The third-order valence-corrected chi connectivity index (χ3v) is 3.94. The molecule has 82 valence electrons. The summed E-state index contributed by atoms with van der Waals surface area (Å²) < 4.78 is 5.31. The monoisotopic (exact) mass is 197 g/mol. The number of hydrogen-bond acceptors (Lipinski definition) is 2. The maximum Gasteiger partial charge on any atom is 0.0618 e. The van der Waals surface area contributed by atoms with Crippen molar-refractivity contribution in [3.8, 4) is 0 Å². The largest absolute Gasteiger partial charge is 0.383 e. The zero-order valence-electron chi connectivity index (χ0n) is 9.46. The van der Waals surface area contributed by atoms with Gasteiger partial charge < -0.3 is 10.1 Å². The highest BCUT2D eigenvalue weighted by Gasteiger charge is 2.55. The number of hydrogen-bond donors (Lipinski definition) is 1. The van der Waals surface area contributed by atoms with Gasteiger partial charge in [-0.05, 0) is 43.6 Å². The van der Waals surface area contributed by atoms with Gasteiger partial charge >= 0.3 is 0 Å². The van der Waals surface area contributed by atoms with Crippen LogP contribution in [0.2, 0.25) is 0 Å². The molecule has 3 unspecified atom stereocenters. The Morgan fingerprint density at radius 2 is 2.07 bits per heavy atom. The Morgan fingerprint density at radius 3 is 2.64 bits per heavy atom. The summed E-state index contributed by atoms with van der Waals surface area (Å²) in [5, 5.41) is 3.64. The normalized spacial score (nSPS) is 36.9. The molecule has 0 aromatic heterocycles. The molecule has 14 heavy (non-hydrogen) atoms. The van der Waals surface area contributed by atoms with Crippen LogP contribution in [0.5, 0.6) is 0 Å². The highest BCUT2D eigenvalue weighted by molar-refractivity contribution is 5.06. The first-order valence-corrected chi connectivity index (χ1v) is 6.10. The molecule has 0 heterocycles. The lowest BCUT2D eigenvalue weighted by atomic mass is 10.0. The van der Waals surface area contributed by atoms with Crippen molar-refractivity contribution >= 4 is 0 Å². The maximum atomic E-state index is 5.31. The van der Waals surface area contributed by atoms with E-state index in [1.807, 2.05) is 7.11 Å². The molecule has 0 aromatic carbocycles. The second kappa shape index (κ2) is 4.63. The van der Waals surface area contributed by atoms with Gasteiger partial charge in [0.2, 0.25) is 0 Å². The Kier molecular flexibility index (Phi) is 3.45. The summed E-state index contributed by atoms with van der Waals surface area (Å²) in [6.45, 7) is 4.27. The molecule has 0 spiro atoms. The molecular formula is C12H23NO. The molecule has 3 atom stereocenters. The predicted octanol–water partition coefficient (Wildman–Crippen LogP) is 2.05. The minimum Gasteiger partial charge on any atom is -0.383 e. The molecule has 0 aromatic rings. The van der Waals surface area contributed by atoms with Crippen LogP contribution in [-0.4, -0.2) is 26.3 Å². The van der Waals surface area contributed by atoms with Gasteiger partial charge in [-0.2, -0.15) is 0 Å². The molecule has 0 aliphatic heterocycles. The lowest BCUT2D eigenvalue weighted by Crippen LogP contribution is -2.37. The Morgan fingerprint density at radius 1 is 1.36 bits per heavy atom. The van der Waals surface area contributed by atoms with Gasteiger partial charge in [-0.3, -0.25) is 0 Å². The molecule has 1 N–H and O–H groups in total. The van der Waals surface area contributed by atoms with Gasteiger partial charge in [0.1, 0.15) is 0 Å². The van der Waals surface area contributed by atoms with E-state index in [-0.39, 0.29) is 0 Å². The third kappa shape index (κ3) is 1.96. The van der Waals surface area contributed by atoms with E-state index in [0.29, 0.717) is 6.04 Å². The minimum absolute atomic E-state index is 0.634. The fraction of sp³-hybridized carbons (Fsp3) is 1.00. The summed E-state index contributed by atoms with van der Waals surface area (Å²) in [5.41, 5.74) is 0. The van der Waals surface area contributed by atoms with Crippen molar-refractivity contribution in [1.82, 2.24) is 5.32 Å². The first-order valence-electron chi connectivity index (χ1n) is 6.10. The van der Waals surface area contributed by atoms with E-state index in [2.05, 4.69) is 12.2 Å². The standard InChI is InChI=1S/C12H23NO/c1-3-7-13-11(8-14-2)12-9-5-4-6-10(9)12/h9-13H,3-8H2,1-2H3. The van der Waals surface area contributed by atoms with Crippen molar-refractivity contribution in [3.05, 3.63) is 0 Å². The molecule has 2 aliphatic carbocycles. The first-order chi connectivity index (χ1) is 6.88. The van der Waals surface area contributed by atoms with Crippen molar-refractivity contribution in [2.75, 3.05) is 20.3 Å². The molecule has 2 nitrogen and oxygen atoms in total. The Labute approximate surface area is 87.4 Å². The molecule has 2 fully saturated rings. The van der Waals surface area contributed by atoms with Gasteiger partial charge in [-0.15, -0.1) is 0 Å². The highest BCUT2D eigenvalue weighted by atomic mass is 16.5. The van der Waals surface area contributed by atoms with Crippen molar-refractivity contribution in [2.45, 2.75) is 38.6 Å². The van der Waals surface area contributed by atoms with E-state index >= 15 is 0 Å². The van der Waals surface area contributed by atoms with Crippen LogP contribution in [0.15, 0.2) is 0 Å². The average Bonchev–Trinajstić information content (AvgIpc) is 2.68.